The maximum Gasteiger partial charge on any atom is 0.274 e. The van der Waals surface area contributed by atoms with Gasteiger partial charge in [-0.1, -0.05) is 31.2 Å². The number of carbonyl (C=O) groups excluding carboxylic acids is 2. The molecule has 2 amide bonds. The Morgan fingerprint density at radius 2 is 1.97 bits per heavy atom. The smallest absolute Gasteiger partial charge is 0.274 e. The van der Waals surface area contributed by atoms with Crippen LogP contribution in [0.2, 0.25) is 0 Å². The maximum atomic E-state index is 13.3. The molecule has 3 N–H and O–H groups in total. The number of primary amides is 1. The van der Waals surface area contributed by atoms with Crippen molar-refractivity contribution in [3.63, 3.8) is 0 Å². The van der Waals surface area contributed by atoms with Gasteiger partial charge < -0.3 is 10.6 Å². The van der Waals surface area contributed by atoms with Crippen LogP contribution in [0.5, 0.6) is 0 Å². The van der Waals surface area contributed by atoms with Gasteiger partial charge in [-0.3, -0.25) is 14.7 Å². The van der Waals surface area contributed by atoms with Gasteiger partial charge in [0.2, 0.25) is 5.91 Å². The van der Waals surface area contributed by atoms with Crippen LogP contribution in [0.15, 0.2) is 43.0 Å². The number of carbonyl (C=O) groups is 2. The summed E-state index contributed by atoms with van der Waals surface area (Å²) in [7, 11) is 0. The molecule has 3 heterocycles. The summed E-state index contributed by atoms with van der Waals surface area (Å²) in [6, 6.07) is 7.89. The minimum absolute atomic E-state index is 0.159. The quantitative estimate of drug-likeness (QED) is 0.621. The monoisotopic (exact) mass is 432 g/mol. The van der Waals surface area contributed by atoms with Crippen molar-refractivity contribution in [2.75, 3.05) is 13.1 Å². The predicted octanol–water partition coefficient (Wildman–Crippen LogP) is 2.69. The Morgan fingerprint density at radius 1 is 1.22 bits per heavy atom. The summed E-state index contributed by atoms with van der Waals surface area (Å²) >= 11 is 0. The third-order valence-corrected chi connectivity index (χ3v) is 6.47. The highest BCUT2D eigenvalue weighted by Crippen LogP contribution is 2.37. The number of amides is 2. The molecule has 0 aliphatic carbocycles. The van der Waals surface area contributed by atoms with Gasteiger partial charge in [-0.05, 0) is 43.7 Å². The van der Waals surface area contributed by atoms with E-state index in [1.165, 1.54) is 6.33 Å². The second-order valence-corrected chi connectivity index (χ2v) is 8.47. The van der Waals surface area contributed by atoms with Gasteiger partial charge in [0, 0.05) is 42.3 Å². The van der Waals surface area contributed by atoms with Crippen molar-refractivity contribution in [1.29, 1.82) is 0 Å². The molecule has 0 spiro atoms. The Hall–Kier alpha value is -3.55. The molecule has 32 heavy (non-hydrogen) atoms. The number of hydrogen-bond donors (Lipinski definition) is 2. The molecule has 0 bridgehead atoms. The van der Waals surface area contributed by atoms with Gasteiger partial charge in [-0.2, -0.15) is 5.10 Å². The average Bonchev–Trinajstić information content (AvgIpc) is 3.20. The van der Waals surface area contributed by atoms with Crippen LogP contribution in [-0.4, -0.2) is 50.0 Å². The van der Waals surface area contributed by atoms with Gasteiger partial charge in [-0.25, -0.2) is 9.97 Å². The lowest BCUT2D eigenvalue weighted by molar-refractivity contribution is -0.130. The fourth-order valence-electron chi connectivity index (χ4n) is 4.63. The summed E-state index contributed by atoms with van der Waals surface area (Å²) < 4.78 is 0. The fraction of sp³-hybridized carbons (Fsp3) is 0.375. The largest absolute Gasteiger partial charge is 0.369 e. The van der Waals surface area contributed by atoms with E-state index in [1.807, 2.05) is 38.1 Å². The van der Waals surface area contributed by atoms with Gasteiger partial charge in [0.15, 0.2) is 5.69 Å². The van der Waals surface area contributed by atoms with E-state index in [4.69, 9.17) is 5.73 Å². The number of aromatic nitrogens is 4. The van der Waals surface area contributed by atoms with Crippen molar-refractivity contribution in [3.05, 3.63) is 65.5 Å². The molecular weight excluding hydrogens is 404 g/mol. The molecule has 1 fully saturated rings. The van der Waals surface area contributed by atoms with Crippen LogP contribution in [-0.2, 0) is 17.6 Å². The molecule has 0 saturated carbocycles. The Kier molecular flexibility index (Phi) is 6.03. The Morgan fingerprint density at radius 3 is 2.66 bits per heavy atom. The first-order valence-electron chi connectivity index (χ1n) is 10.9. The molecule has 1 saturated heterocycles. The molecule has 1 aromatic carbocycles. The van der Waals surface area contributed by atoms with Crippen LogP contribution >= 0.6 is 0 Å². The number of rotatable bonds is 6. The minimum Gasteiger partial charge on any atom is -0.369 e. The SMILES string of the molecule is CCc1[nH]nc(C(=O)N2CCC[C@](Cc3ccccc3-c3cncnc3)(C(N)=O)C2)c1C. The van der Waals surface area contributed by atoms with Gasteiger partial charge in [0.05, 0.1) is 5.41 Å². The number of aryl methyl sites for hydroxylation is 1. The van der Waals surface area contributed by atoms with E-state index in [0.717, 1.165) is 34.4 Å². The van der Waals surface area contributed by atoms with E-state index in [0.29, 0.717) is 31.5 Å². The van der Waals surface area contributed by atoms with Gasteiger partial charge >= 0.3 is 0 Å². The average molecular weight is 433 g/mol. The number of hydrogen-bond acceptors (Lipinski definition) is 5. The summed E-state index contributed by atoms with van der Waals surface area (Å²) in [5.41, 5.74) is 10.2. The van der Waals surface area contributed by atoms with Crippen LogP contribution in [0.1, 0.15) is 47.1 Å². The van der Waals surface area contributed by atoms with E-state index in [2.05, 4.69) is 20.2 Å². The number of nitrogens with one attached hydrogen (secondary N) is 1. The van der Waals surface area contributed by atoms with Gasteiger partial charge in [0.25, 0.3) is 5.91 Å². The van der Waals surface area contributed by atoms with E-state index >= 15 is 0 Å². The van der Waals surface area contributed by atoms with Crippen LogP contribution in [0, 0.1) is 12.3 Å². The van der Waals surface area contributed by atoms with Crippen LogP contribution < -0.4 is 5.73 Å². The first-order valence-corrected chi connectivity index (χ1v) is 10.9. The first kappa shape index (κ1) is 21.7. The summed E-state index contributed by atoms with van der Waals surface area (Å²) in [6.45, 7) is 4.77. The van der Waals surface area contributed by atoms with Crippen LogP contribution in [0.25, 0.3) is 11.1 Å². The number of nitrogens with zero attached hydrogens (tertiary/aromatic N) is 4. The van der Waals surface area contributed by atoms with Crippen molar-refractivity contribution in [3.8, 4) is 11.1 Å². The van der Waals surface area contributed by atoms with E-state index in [9.17, 15) is 9.59 Å². The molecule has 4 rings (SSSR count). The molecule has 166 valence electrons. The summed E-state index contributed by atoms with van der Waals surface area (Å²) in [6.07, 6.45) is 7.55. The Labute approximate surface area is 187 Å². The highest BCUT2D eigenvalue weighted by atomic mass is 16.2. The molecule has 3 aromatic rings. The standard InChI is InChI=1S/C24H28N6O2/c1-3-20-16(2)21(29-28-20)22(31)30-10-6-9-24(14-30,23(25)32)11-17-7-4-5-8-19(17)18-12-26-15-27-13-18/h4-5,7-8,12-13,15H,3,6,9-11,14H2,1-2H3,(H2,25,32)(H,28,29)/t24-/m1/s1. The molecule has 8 nitrogen and oxygen atoms in total. The summed E-state index contributed by atoms with van der Waals surface area (Å²) in [5, 5.41) is 7.20. The second kappa shape index (κ2) is 8.90. The number of H-pyrrole nitrogens is 1. The zero-order valence-electron chi connectivity index (χ0n) is 18.5. The highest BCUT2D eigenvalue weighted by molar-refractivity contribution is 5.94. The molecular formula is C24H28N6O2. The van der Waals surface area contributed by atoms with Gasteiger partial charge in [0.1, 0.15) is 6.33 Å². The second-order valence-electron chi connectivity index (χ2n) is 8.47. The van der Waals surface area contributed by atoms with E-state index in [1.54, 1.807) is 17.3 Å². The van der Waals surface area contributed by atoms with Crippen molar-refractivity contribution < 1.29 is 9.59 Å². The lowest BCUT2D eigenvalue weighted by atomic mass is 9.73. The van der Waals surface area contributed by atoms with Crippen LogP contribution in [0.3, 0.4) is 0 Å². The van der Waals surface area contributed by atoms with Gasteiger partial charge in [-0.15, -0.1) is 0 Å². The lowest BCUT2D eigenvalue weighted by Gasteiger charge is -2.41. The van der Waals surface area contributed by atoms with E-state index in [-0.39, 0.29) is 18.4 Å². The number of aromatic amines is 1. The molecule has 2 aromatic heterocycles. The Bertz CT molecular complexity index is 1130. The van der Waals surface area contributed by atoms with Crippen molar-refractivity contribution in [2.24, 2.45) is 11.1 Å². The number of benzene rings is 1. The zero-order chi connectivity index (χ0) is 22.7. The van der Waals surface area contributed by atoms with Crippen molar-refractivity contribution >= 4 is 11.8 Å². The molecule has 1 atom stereocenters. The number of likely N-dealkylation sites (tertiary alicyclic amines) is 1. The molecule has 0 unspecified atom stereocenters. The normalized spacial score (nSPS) is 18.5. The minimum atomic E-state index is -0.850. The fourth-order valence-corrected chi connectivity index (χ4v) is 4.63. The molecule has 1 aliphatic heterocycles. The zero-order valence-corrected chi connectivity index (χ0v) is 18.5. The Balaban J connectivity index is 1.64. The summed E-state index contributed by atoms with van der Waals surface area (Å²) in [5.74, 6) is -0.546. The molecule has 1 aliphatic rings. The number of nitrogens with two attached hydrogens (primary N) is 1. The predicted molar refractivity (Wildman–Crippen MR) is 121 cm³/mol. The summed E-state index contributed by atoms with van der Waals surface area (Å²) in [4.78, 5) is 36.0. The van der Waals surface area contributed by atoms with Crippen molar-refractivity contribution in [1.82, 2.24) is 25.1 Å². The topological polar surface area (TPSA) is 118 Å². The molecule has 8 heteroatoms. The lowest BCUT2D eigenvalue weighted by Crippen LogP contribution is -2.53. The van der Waals surface area contributed by atoms with E-state index < -0.39 is 5.41 Å². The maximum absolute atomic E-state index is 13.3. The molecule has 0 radical (unpaired) electrons. The third-order valence-electron chi connectivity index (χ3n) is 6.47. The highest BCUT2D eigenvalue weighted by Gasteiger charge is 2.43. The first-order chi connectivity index (χ1) is 15.4. The van der Waals surface area contributed by atoms with Crippen molar-refractivity contribution in [2.45, 2.75) is 39.5 Å². The number of piperidine rings is 1. The van der Waals surface area contributed by atoms with Crippen LogP contribution in [0.4, 0.5) is 0 Å². The third kappa shape index (κ3) is 4.00.